The van der Waals surface area contributed by atoms with E-state index in [0.29, 0.717) is 20.9 Å². The number of amides is 2. The summed E-state index contributed by atoms with van der Waals surface area (Å²) in [6.45, 7) is 4.22. The Bertz CT molecular complexity index is 882. The average molecular weight is 390 g/mol. The molecule has 0 saturated carbocycles. The van der Waals surface area contributed by atoms with Crippen molar-refractivity contribution in [1.29, 1.82) is 0 Å². The number of nitrogens with one attached hydrogen (secondary N) is 2. The Hall–Kier alpha value is -2.52. The molecule has 0 radical (unpaired) electrons. The molecule has 9 heteroatoms. The van der Waals surface area contributed by atoms with E-state index in [1.165, 1.54) is 28.9 Å². The highest BCUT2D eigenvalue weighted by Gasteiger charge is 2.17. The molecule has 136 valence electrons. The SMILES string of the molecule is CCC(CC)c1nnc(NC(=O)c2ccc(NC(=O)c3ccco3)s2)s1. The van der Waals surface area contributed by atoms with Gasteiger partial charge in [0.15, 0.2) is 5.76 Å². The number of furan rings is 1. The van der Waals surface area contributed by atoms with Crippen LogP contribution in [0.4, 0.5) is 10.1 Å². The van der Waals surface area contributed by atoms with Crippen molar-refractivity contribution in [2.24, 2.45) is 0 Å². The zero-order chi connectivity index (χ0) is 18.5. The van der Waals surface area contributed by atoms with Crippen molar-refractivity contribution in [2.45, 2.75) is 32.6 Å². The zero-order valence-corrected chi connectivity index (χ0v) is 15.9. The first-order valence-corrected chi connectivity index (χ1v) is 9.83. The fourth-order valence-electron chi connectivity index (χ4n) is 2.36. The van der Waals surface area contributed by atoms with Crippen molar-refractivity contribution in [3.05, 3.63) is 46.2 Å². The lowest BCUT2D eigenvalue weighted by atomic mass is 10.1. The predicted molar refractivity (Wildman–Crippen MR) is 102 cm³/mol. The van der Waals surface area contributed by atoms with Crippen LogP contribution in [0.2, 0.25) is 0 Å². The molecule has 3 aromatic rings. The topological polar surface area (TPSA) is 97.1 Å². The number of hydrogen-bond donors (Lipinski definition) is 2. The molecule has 26 heavy (non-hydrogen) atoms. The first-order valence-electron chi connectivity index (χ1n) is 8.20. The van der Waals surface area contributed by atoms with Gasteiger partial charge in [-0.3, -0.25) is 14.9 Å². The third-order valence-electron chi connectivity index (χ3n) is 3.81. The minimum atomic E-state index is -0.359. The second-order valence-electron chi connectivity index (χ2n) is 5.51. The molecule has 3 rings (SSSR count). The van der Waals surface area contributed by atoms with E-state index in [4.69, 9.17) is 4.42 Å². The maximum Gasteiger partial charge on any atom is 0.291 e. The van der Waals surface area contributed by atoms with Gasteiger partial charge in [0, 0.05) is 5.92 Å². The molecular weight excluding hydrogens is 372 g/mol. The molecule has 0 saturated heterocycles. The van der Waals surface area contributed by atoms with Crippen LogP contribution in [0.25, 0.3) is 0 Å². The number of thiophene rings is 1. The fraction of sp³-hybridized carbons (Fsp3) is 0.294. The molecule has 3 heterocycles. The molecule has 0 atom stereocenters. The average Bonchev–Trinajstić information content (AvgIpc) is 3.38. The summed E-state index contributed by atoms with van der Waals surface area (Å²) in [5, 5.41) is 15.6. The highest BCUT2D eigenvalue weighted by molar-refractivity contribution is 7.18. The first-order chi connectivity index (χ1) is 12.6. The van der Waals surface area contributed by atoms with E-state index in [2.05, 4.69) is 34.7 Å². The van der Waals surface area contributed by atoms with Crippen LogP contribution < -0.4 is 10.6 Å². The van der Waals surface area contributed by atoms with Gasteiger partial charge in [0.1, 0.15) is 5.01 Å². The minimum Gasteiger partial charge on any atom is -0.459 e. The van der Waals surface area contributed by atoms with E-state index in [0.717, 1.165) is 17.8 Å². The summed E-state index contributed by atoms with van der Waals surface area (Å²) in [5.74, 6) is -0.0565. The lowest BCUT2D eigenvalue weighted by molar-refractivity contribution is 0.0995. The molecule has 0 aliphatic heterocycles. The number of aromatic nitrogens is 2. The molecule has 0 aliphatic carbocycles. The van der Waals surface area contributed by atoms with Crippen molar-refractivity contribution in [1.82, 2.24) is 10.2 Å². The molecule has 2 amide bonds. The zero-order valence-electron chi connectivity index (χ0n) is 14.3. The van der Waals surface area contributed by atoms with Gasteiger partial charge in [-0.1, -0.05) is 25.2 Å². The smallest absolute Gasteiger partial charge is 0.291 e. The predicted octanol–water partition coefficient (Wildman–Crippen LogP) is 4.60. The van der Waals surface area contributed by atoms with Gasteiger partial charge < -0.3 is 9.73 Å². The van der Waals surface area contributed by atoms with Crippen molar-refractivity contribution < 1.29 is 14.0 Å². The van der Waals surface area contributed by atoms with Crippen LogP contribution in [-0.2, 0) is 0 Å². The third-order valence-corrected chi connectivity index (χ3v) is 5.81. The van der Waals surface area contributed by atoms with Crippen LogP contribution in [0, 0.1) is 0 Å². The standard InChI is InChI=1S/C17H18N4O3S2/c1-3-10(4-2)16-20-21-17(26-16)19-15(23)12-7-8-13(25-12)18-14(22)11-6-5-9-24-11/h5-10H,3-4H2,1-2H3,(H,18,22)(H,19,21,23). The number of carbonyl (C=O) groups is 2. The summed E-state index contributed by atoms with van der Waals surface area (Å²) < 4.78 is 5.04. The Morgan fingerprint density at radius 1 is 1.08 bits per heavy atom. The largest absolute Gasteiger partial charge is 0.459 e. The summed E-state index contributed by atoms with van der Waals surface area (Å²) in [7, 11) is 0. The second kappa shape index (κ2) is 8.24. The normalized spacial score (nSPS) is 10.9. The molecule has 7 nitrogen and oxygen atoms in total. The Morgan fingerprint density at radius 2 is 1.88 bits per heavy atom. The van der Waals surface area contributed by atoms with Crippen LogP contribution >= 0.6 is 22.7 Å². The summed E-state index contributed by atoms with van der Waals surface area (Å²) in [4.78, 5) is 24.8. The number of nitrogens with zero attached hydrogens (tertiary/aromatic N) is 2. The van der Waals surface area contributed by atoms with Crippen molar-refractivity contribution >= 4 is 44.6 Å². The van der Waals surface area contributed by atoms with Crippen molar-refractivity contribution in [3.8, 4) is 0 Å². The molecule has 0 aliphatic rings. The molecule has 0 fully saturated rings. The van der Waals surface area contributed by atoms with Crippen LogP contribution in [0.15, 0.2) is 34.9 Å². The fourth-order valence-corrected chi connectivity index (χ4v) is 4.16. The molecular formula is C17H18N4O3S2. The van der Waals surface area contributed by atoms with Gasteiger partial charge in [-0.15, -0.1) is 21.5 Å². The van der Waals surface area contributed by atoms with Gasteiger partial charge in [-0.05, 0) is 37.1 Å². The van der Waals surface area contributed by atoms with Gasteiger partial charge >= 0.3 is 0 Å². The Labute approximate surface area is 158 Å². The van der Waals surface area contributed by atoms with Crippen LogP contribution in [0.5, 0.6) is 0 Å². The lowest BCUT2D eigenvalue weighted by Crippen LogP contribution is -2.10. The van der Waals surface area contributed by atoms with Gasteiger partial charge in [0.25, 0.3) is 11.8 Å². The monoisotopic (exact) mass is 390 g/mol. The van der Waals surface area contributed by atoms with Gasteiger partial charge in [0.2, 0.25) is 5.13 Å². The van der Waals surface area contributed by atoms with Gasteiger partial charge in [-0.25, -0.2) is 0 Å². The van der Waals surface area contributed by atoms with Crippen LogP contribution in [-0.4, -0.2) is 22.0 Å². The molecule has 0 bridgehead atoms. The minimum absolute atomic E-state index is 0.215. The van der Waals surface area contributed by atoms with E-state index >= 15 is 0 Å². The number of carbonyl (C=O) groups excluding carboxylic acids is 2. The molecule has 0 spiro atoms. The Balaban J connectivity index is 1.62. The van der Waals surface area contributed by atoms with E-state index in [1.807, 2.05) is 0 Å². The summed E-state index contributed by atoms with van der Waals surface area (Å²) in [6.07, 6.45) is 3.41. The number of anilines is 2. The maximum absolute atomic E-state index is 12.4. The van der Waals surface area contributed by atoms with Crippen molar-refractivity contribution in [2.75, 3.05) is 10.6 Å². The first kappa shape index (κ1) is 18.3. The molecule has 2 N–H and O–H groups in total. The number of rotatable bonds is 7. The van der Waals surface area contributed by atoms with Gasteiger partial charge in [-0.2, -0.15) is 0 Å². The van der Waals surface area contributed by atoms with Crippen molar-refractivity contribution in [3.63, 3.8) is 0 Å². The summed E-state index contributed by atoms with van der Waals surface area (Å²) in [5.41, 5.74) is 0. The second-order valence-corrected chi connectivity index (χ2v) is 7.60. The molecule has 0 unspecified atom stereocenters. The van der Waals surface area contributed by atoms with E-state index in [9.17, 15) is 9.59 Å². The van der Waals surface area contributed by atoms with E-state index in [-0.39, 0.29) is 17.6 Å². The summed E-state index contributed by atoms with van der Waals surface area (Å²) >= 11 is 2.58. The molecule has 0 aromatic carbocycles. The Kier molecular flexibility index (Phi) is 5.79. The maximum atomic E-state index is 12.4. The van der Waals surface area contributed by atoms with Crippen LogP contribution in [0.3, 0.4) is 0 Å². The van der Waals surface area contributed by atoms with E-state index in [1.54, 1.807) is 24.3 Å². The Morgan fingerprint density at radius 3 is 2.58 bits per heavy atom. The third kappa shape index (κ3) is 4.17. The summed E-state index contributed by atoms with van der Waals surface area (Å²) in [6, 6.07) is 6.54. The highest BCUT2D eigenvalue weighted by atomic mass is 32.1. The van der Waals surface area contributed by atoms with E-state index < -0.39 is 0 Å². The van der Waals surface area contributed by atoms with Gasteiger partial charge in [0.05, 0.1) is 16.1 Å². The van der Waals surface area contributed by atoms with Crippen LogP contribution in [0.1, 0.15) is 57.8 Å². The highest BCUT2D eigenvalue weighted by Crippen LogP contribution is 2.29. The number of hydrogen-bond acceptors (Lipinski definition) is 7. The lowest BCUT2D eigenvalue weighted by Gasteiger charge is -2.05. The molecule has 3 aromatic heterocycles. The quantitative estimate of drug-likeness (QED) is 0.614.